The van der Waals surface area contributed by atoms with Crippen molar-refractivity contribution >= 4 is 41.0 Å². The first kappa shape index (κ1) is 44.6. The van der Waals surface area contributed by atoms with Gasteiger partial charge in [-0.3, -0.25) is 28.9 Å². The van der Waals surface area contributed by atoms with Crippen LogP contribution in [-0.4, -0.2) is 110 Å². The Morgan fingerprint density at radius 1 is 1.05 bits per heavy atom. The lowest BCUT2D eigenvalue weighted by atomic mass is 9.92. The molecule has 2 aliphatic rings. The summed E-state index contributed by atoms with van der Waals surface area (Å²) < 4.78 is 55.5. The number of nitrogens with zero attached hydrogens (tertiary/aromatic N) is 3. The number of hydrogen-bond donors (Lipinski definition) is 2. The zero-order valence-corrected chi connectivity index (χ0v) is 33.8. The third-order valence-electron chi connectivity index (χ3n) is 10.5. The zero-order chi connectivity index (χ0) is 41.3. The highest BCUT2D eigenvalue weighted by atomic mass is 32.1. The molecule has 13 nitrogen and oxygen atoms in total. The summed E-state index contributed by atoms with van der Waals surface area (Å²) in [5.74, 6) is -3.12. The number of likely N-dealkylation sites (tertiary alicyclic amines) is 1. The molecular formula is C39H54F3N5O8S. The predicted molar refractivity (Wildman–Crippen MR) is 201 cm³/mol. The summed E-state index contributed by atoms with van der Waals surface area (Å²) in [6.45, 7) is 8.22. The van der Waals surface area contributed by atoms with Gasteiger partial charge < -0.3 is 29.7 Å². The number of carbonyl (C=O) groups is 5. The van der Waals surface area contributed by atoms with Gasteiger partial charge in [0.05, 0.1) is 37.8 Å². The van der Waals surface area contributed by atoms with Crippen LogP contribution in [0.4, 0.5) is 13.2 Å². The van der Waals surface area contributed by atoms with Crippen molar-refractivity contribution in [3.8, 4) is 0 Å². The molecule has 0 spiro atoms. The molecule has 1 aromatic heterocycles. The minimum atomic E-state index is -4.50. The maximum atomic E-state index is 14.2. The van der Waals surface area contributed by atoms with Crippen molar-refractivity contribution in [3.05, 3.63) is 51.5 Å². The number of nitrogens with one attached hydrogen (secondary N) is 2. The van der Waals surface area contributed by atoms with E-state index in [1.54, 1.807) is 18.9 Å². The van der Waals surface area contributed by atoms with Gasteiger partial charge in [0.1, 0.15) is 16.7 Å². The number of thiazole rings is 1. The fourth-order valence-corrected chi connectivity index (χ4v) is 8.03. The summed E-state index contributed by atoms with van der Waals surface area (Å²) in [4.78, 5) is 73.9. The van der Waals surface area contributed by atoms with Gasteiger partial charge in [0, 0.05) is 43.8 Å². The van der Waals surface area contributed by atoms with Crippen molar-refractivity contribution in [2.24, 2.45) is 17.8 Å². The predicted octanol–water partition coefficient (Wildman–Crippen LogP) is 4.80. The van der Waals surface area contributed by atoms with E-state index >= 15 is 0 Å². The maximum absolute atomic E-state index is 14.2. The Bertz CT molecular complexity index is 1670. The van der Waals surface area contributed by atoms with E-state index in [2.05, 4.69) is 15.6 Å². The third kappa shape index (κ3) is 12.0. The van der Waals surface area contributed by atoms with Crippen LogP contribution in [0.25, 0.3) is 0 Å². The molecule has 2 saturated heterocycles. The largest absolute Gasteiger partial charge is 0.469 e. The van der Waals surface area contributed by atoms with Crippen molar-refractivity contribution in [2.75, 3.05) is 41.0 Å². The average molecular weight is 810 g/mol. The molecule has 2 aromatic rings. The van der Waals surface area contributed by atoms with Gasteiger partial charge in [-0.1, -0.05) is 39.3 Å². The van der Waals surface area contributed by atoms with E-state index in [1.165, 1.54) is 31.5 Å². The molecule has 0 bridgehead atoms. The van der Waals surface area contributed by atoms with Crippen LogP contribution in [0.2, 0.25) is 0 Å². The fourth-order valence-electron chi connectivity index (χ4n) is 7.19. The number of halogens is 3. The van der Waals surface area contributed by atoms with Crippen molar-refractivity contribution in [3.63, 3.8) is 0 Å². The average Bonchev–Trinajstić information content (AvgIpc) is 3.62. The van der Waals surface area contributed by atoms with Crippen LogP contribution in [0.3, 0.4) is 0 Å². The number of benzene rings is 1. The lowest BCUT2D eigenvalue weighted by Crippen LogP contribution is -2.61. The van der Waals surface area contributed by atoms with E-state index in [4.69, 9.17) is 14.2 Å². The van der Waals surface area contributed by atoms with Gasteiger partial charge in [-0.2, -0.15) is 13.2 Å². The lowest BCUT2D eigenvalue weighted by molar-refractivity contribution is -0.151. The molecule has 2 N–H and O–H groups in total. The molecule has 2 fully saturated rings. The van der Waals surface area contributed by atoms with Gasteiger partial charge in [0.2, 0.25) is 11.8 Å². The number of methoxy groups -OCH3 is 1. The normalized spacial score (nSPS) is 19.2. The Morgan fingerprint density at radius 3 is 2.29 bits per heavy atom. The van der Waals surface area contributed by atoms with Crippen LogP contribution in [0.1, 0.15) is 92.5 Å². The lowest BCUT2D eigenvalue weighted by Gasteiger charge is -2.40. The highest BCUT2D eigenvalue weighted by molar-refractivity contribution is 7.09. The quantitative estimate of drug-likeness (QED) is 0.213. The van der Waals surface area contributed by atoms with Gasteiger partial charge in [-0.25, -0.2) is 4.98 Å². The number of piperidine rings is 1. The second kappa shape index (κ2) is 19.9. The Labute approximate surface area is 330 Å². The summed E-state index contributed by atoms with van der Waals surface area (Å²) in [6.07, 6.45) is -2.38. The SMILES string of the molecule is COC(=O)[C@@H](C)C[C@H](Cc1ccc(C(F)(F)F)cc1)NC(=O)c1csc([C@@H](C[C@H](C(C)C)N(C)C(=O)[C@@H](NC(=O)[C@H]2CCCCN2C)C2COC2)OC(C)=O)n1. The number of amides is 3. The minimum absolute atomic E-state index is 0.0104. The highest BCUT2D eigenvalue weighted by Crippen LogP contribution is 2.32. The number of hydrogen-bond acceptors (Lipinski definition) is 11. The van der Waals surface area contributed by atoms with Crippen LogP contribution in [-0.2, 0) is 46.0 Å². The molecule has 3 amide bonds. The number of rotatable bonds is 17. The first-order valence-corrected chi connectivity index (χ1v) is 19.8. The number of carbonyl (C=O) groups excluding carboxylic acids is 5. The van der Waals surface area contributed by atoms with E-state index in [1.807, 2.05) is 25.8 Å². The van der Waals surface area contributed by atoms with E-state index < -0.39 is 59.7 Å². The number of ether oxygens (including phenoxy) is 3. The number of aromatic nitrogens is 1. The molecule has 310 valence electrons. The second-order valence-corrected chi connectivity index (χ2v) is 16.1. The molecule has 56 heavy (non-hydrogen) atoms. The smallest absolute Gasteiger partial charge is 0.416 e. The Morgan fingerprint density at radius 2 is 1.73 bits per heavy atom. The zero-order valence-electron chi connectivity index (χ0n) is 33.0. The van der Waals surface area contributed by atoms with E-state index in [0.29, 0.717) is 30.2 Å². The molecule has 2 aliphatic heterocycles. The third-order valence-corrected chi connectivity index (χ3v) is 11.5. The van der Waals surface area contributed by atoms with E-state index in [-0.39, 0.29) is 54.6 Å². The van der Waals surface area contributed by atoms with Crippen molar-refractivity contribution in [1.82, 2.24) is 25.4 Å². The summed E-state index contributed by atoms with van der Waals surface area (Å²) in [5.41, 5.74) is -0.281. The van der Waals surface area contributed by atoms with E-state index in [0.717, 1.165) is 42.9 Å². The van der Waals surface area contributed by atoms with Gasteiger partial charge in [0.25, 0.3) is 5.91 Å². The Hall–Kier alpha value is -4.09. The van der Waals surface area contributed by atoms with Gasteiger partial charge >= 0.3 is 18.1 Å². The second-order valence-electron chi connectivity index (χ2n) is 15.2. The van der Waals surface area contributed by atoms with Crippen LogP contribution in [0, 0.1) is 17.8 Å². The Balaban J connectivity index is 1.51. The molecule has 0 radical (unpaired) electrons. The van der Waals surface area contributed by atoms with Crippen LogP contribution < -0.4 is 10.6 Å². The van der Waals surface area contributed by atoms with E-state index in [9.17, 15) is 37.1 Å². The molecule has 0 aliphatic carbocycles. The maximum Gasteiger partial charge on any atom is 0.416 e. The van der Waals surface area contributed by atoms with Gasteiger partial charge in [-0.05, 0) is 62.9 Å². The molecule has 1 aromatic carbocycles. The summed E-state index contributed by atoms with van der Waals surface area (Å²) in [6, 6.07) is 2.29. The van der Waals surface area contributed by atoms with Crippen LogP contribution >= 0.6 is 11.3 Å². The minimum Gasteiger partial charge on any atom is -0.469 e. The van der Waals surface area contributed by atoms with Crippen molar-refractivity contribution in [1.29, 1.82) is 0 Å². The first-order chi connectivity index (χ1) is 26.4. The topological polar surface area (TPSA) is 156 Å². The number of esters is 2. The molecule has 6 atom stereocenters. The molecule has 4 rings (SSSR count). The monoisotopic (exact) mass is 809 g/mol. The first-order valence-electron chi connectivity index (χ1n) is 18.9. The molecule has 3 heterocycles. The van der Waals surface area contributed by atoms with Crippen molar-refractivity contribution in [2.45, 2.75) is 103 Å². The number of likely N-dealkylation sites (N-methyl/N-ethyl adjacent to an activating group) is 2. The fraction of sp³-hybridized carbons (Fsp3) is 0.641. The molecule has 0 unspecified atom stereocenters. The summed E-state index contributed by atoms with van der Waals surface area (Å²) in [7, 11) is 4.81. The van der Waals surface area contributed by atoms with Crippen molar-refractivity contribution < 1.29 is 51.4 Å². The molecular weight excluding hydrogens is 756 g/mol. The molecule has 0 saturated carbocycles. The standard InChI is InChI=1S/C39H54F3N5O8S/c1-22(2)31(47(6)37(51)33(26-19-54-20-26)45-35(50)30-10-8-9-15-46(30)5)18-32(55-24(4)48)36-44-29(21-56-36)34(49)43-28(16-23(3)38(52)53-7)17-25-11-13-27(14-12-25)39(40,41)42/h11-14,21-23,26,28,30-33H,8-10,15-20H2,1-7H3,(H,43,49)(H,45,50)/t23-,28+,30+,31+,32+,33-/m0/s1. The highest BCUT2D eigenvalue weighted by Gasteiger charge is 2.41. The van der Waals surface area contributed by atoms with Crippen LogP contribution in [0.15, 0.2) is 29.6 Å². The Kier molecular flexibility index (Phi) is 15.8. The van der Waals surface area contributed by atoms with Crippen LogP contribution in [0.5, 0.6) is 0 Å². The number of alkyl halides is 3. The van der Waals surface area contributed by atoms with Gasteiger partial charge in [-0.15, -0.1) is 11.3 Å². The summed E-state index contributed by atoms with van der Waals surface area (Å²) >= 11 is 1.10. The van der Waals surface area contributed by atoms with Gasteiger partial charge in [0.15, 0.2) is 6.10 Å². The molecule has 17 heteroatoms. The summed E-state index contributed by atoms with van der Waals surface area (Å²) in [5, 5.41) is 7.71.